The molecule has 7 heteroatoms. The number of rotatable bonds is 3. The maximum Gasteiger partial charge on any atom is 0.312 e. The van der Waals surface area contributed by atoms with Crippen LogP contribution in [0, 0.1) is 24.0 Å². The van der Waals surface area contributed by atoms with Gasteiger partial charge in [0.15, 0.2) is 0 Å². The third-order valence-corrected chi connectivity index (χ3v) is 2.46. The van der Waals surface area contributed by atoms with Crippen molar-refractivity contribution >= 4 is 11.5 Å². The van der Waals surface area contributed by atoms with E-state index in [1.165, 1.54) is 18.2 Å². The van der Waals surface area contributed by atoms with E-state index >= 15 is 0 Å². The van der Waals surface area contributed by atoms with Crippen molar-refractivity contribution in [1.29, 1.82) is 0 Å². The van der Waals surface area contributed by atoms with Gasteiger partial charge in [0.05, 0.1) is 4.92 Å². The molecule has 0 bridgehead atoms. The van der Waals surface area contributed by atoms with E-state index in [0.29, 0.717) is 5.56 Å². The molecule has 1 aromatic carbocycles. The van der Waals surface area contributed by atoms with Crippen LogP contribution in [-0.4, -0.2) is 15.1 Å². The van der Waals surface area contributed by atoms with Crippen LogP contribution in [0.25, 0.3) is 0 Å². The highest BCUT2D eigenvalue weighted by Crippen LogP contribution is 2.34. The zero-order valence-electron chi connectivity index (χ0n) is 10.5. The lowest BCUT2D eigenvalue weighted by molar-refractivity contribution is -0.385. The average Bonchev–Trinajstić information content (AvgIpc) is 2.34. The van der Waals surface area contributed by atoms with Crippen LogP contribution in [0.15, 0.2) is 24.3 Å². The molecule has 0 fully saturated rings. The third kappa shape index (κ3) is 2.76. The number of nitro benzene ring substituents is 1. The largest absolute Gasteiger partial charge is 0.430 e. The predicted molar refractivity (Wildman–Crippen MR) is 69.1 cm³/mol. The smallest absolute Gasteiger partial charge is 0.312 e. The molecule has 0 amide bonds. The minimum Gasteiger partial charge on any atom is -0.430 e. The van der Waals surface area contributed by atoms with Gasteiger partial charge in [0, 0.05) is 12.1 Å². The van der Waals surface area contributed by atoms with Crippen LogP contribution in [-0.2, 0) is 0 Å². The number of aryl methyl sites for hydroxylation is 2. The Balaban J connectivity index is 2.44. The van der Waals surface area contributed by atoms with Crippen LogP contribution in [0.3, 0.4) is 0 Å². The molecule has 7 nitrogen and oxygen atoms in total. The van der Waals surface area contributed by atoms with E-state index in [4.69, 9.17) is 10.5 Å². The number of nitro groups is 1. The number of nitrogens with zero attached hydrogens (tertiary/aromatic N) is 3. The summed E-state index contributed by atoms with van der Waals surface area (Å²) in [4.78, 5) is 10.6. The Kier molecular flexibility index (Phi) is 3.28. The highest BCUT2D eigenvalue weighted by atomic mass is 16.6. The summed E-state index contributed by atoms with van der Waals surface area (Å²) < 4.78 is 5.44. The molecule has 0 radical (unpaired) electrons. The van der Waals surface area contributed by atoms with Gasteiger partial charge in [-0.1, -0.05) is 6.07 Å². The molecule has 98 valence electrons. The summed E-state index contributed by atoms with van der Waals surface area (Å²) in [5.74, 6) is 0.571. The van der Waals surface area contributed by atoms with Gasteiger partial charge in [0.25, 0.3) is 0 Å². The molecule has 2 aromatic rings. The van der Waals surface area contributed by atoms with Gasteiger partial charge in [-0.3, -0.25) is 10.1 Å². The first-order valence-corrected chi connectivity index (χ1v) is 5.50. The molecule has 0 unspecified atom stereocenters. The Morgan fingerprint density at radius 1 is 1.26 bits per heavy atom. The summed E-state index contributed by atoms with van der Waals surface area (Å²) in [6.07, 6.45) is 0. The van der Waals surface area contributed by atoms with Crippen molar-refractivity contribution in [3.63, 3.8) is 0 Å². The molecule has 1 aromatic heterocycles. The van der Waals surface area contributed by atoms with Crippen molar-refractivity contribution in [2.45, 2.75) is 13.8 Å². The number of nitrogens with two attached hydrogens (primary N) is 1. The van der Waals surface area contributed by atoms with E-state index in [9.17, 15) is 10.1 Å². The molecule has 0 saturated heterocycles. The second-order valence-corrected chi connectivity index (χ2v) is 4.09. The first-order valence-electron chi connectivity index (χ1n) is 5.50. The van der Waals surface area contributed by atoms with Gasteiger partial charge in [-0.15, -0.1) is 10.2 Å². The molecule has 1 heterocycles. The van der Waals surface area contributed by atoms with E-state index in [0.717, 1.165) is 5.56 Å². The lowest BCUT2D eigenvalue weighted by Gasteiger charge is -2.08. The molecule has 0 saturated carbocycles. The molecule has 0 atom stereocenters. The monoisotopic (exact) mass is 260 g/mol. The highest BCUT2D eigenvalue weighted by Gasteiger charge is 2.19. The van der Waals surface area contributed by atoms with E-state index in [-0.39, 0.29) is 23.1 Å². The van der Waals surface area contributed by atoms with Gasteiger partial charge in [-0.25, -0.2) is 0 Å². The standard InChI is InChI=1S/C12H12N4O3/c1-7-5-8(2)12(9(6-7)16(17)18)19-11-4-3-10(13)14-15-11/h3-6H,1-2H3,(H2,13,14). The number of anilines is 1. The Morgan fingerprint density at radius 3 is 2.58 bits per heavy atom. The van der Waals surface area contributed by atoms with Crippen molar-refractivity contribution in [3.05, 3.63) is 45.5 Å². The quantitative estimate of drug-likeness (QED) is 0.671. The van der Waals surface area contributed by atoms with E-state index < -0.39 is 4.92 Å². The van der Waals surface area contributed by atoms with Gasteiger partial charge in [0.2, 0.25) is 11.6 Å². The molecule has 0 aliphatic rings. The number of hydrogen-bond acceptors (Lipinski definition) is 6. The van der Waals surface area contributed by atoms with E-state index in [2.05, 4.69) is 10.2 Å². The van der Waals surface area contributed by atoms with Crippen LogP contribution >= 0.6 is 0 Å². The molecule has 0 aliphatic carbocycles. The minimum atomic E-state index is -0.486. The van der Waals surface area contributed by atoms with Gasteiger partial charge in [0.1, 0.15) is 5.82 Å². The fraction of sp³-hybridized carbons (Fsp3) is 0.167. The summed E-state index contributed by atoms with van der Waals surface area (Å²) in [7, 11) is 0. The summed E-state index contributed by atoms with van der Waals surface area (Å²) in [6, 6.07) is 6.27. The molecular weight excluding hydrogens is 248 g/mol. The summed E-state index contributed by atoms with van der Waals surface area (Å²) in [5, 5.41) is 18.4. The maximum absolute atomic E-state index is 11.0. The van der Waals surface area contributed by atoms with Gasteiger partial charge < -0.3 is 10.5 Å². The Morgan fingerprint density at radius 2 is 2.00 bits per heavy atom. The molecular formula is C12H12N4O3. The van der Waals surface area contributed by atoms with Crippen molar-refractivity contribution < 1.29 is 9.66 Å². The fourth-order valence-corrected chi connectivity index (χ4v) is 1.69. The first kappa shape index (κ1) is 12.7. The Bertz CT molecular complexity index is 626. The number of aromatic nitrogens is 2. The lowest BCUT2D eigenvalue weighted by atomic mass is 10.1. The molecule has 0 spiro atoms. The number of nitrogen functional groups attached to an aromatic ring is 1. The third-order valence-electron chi connectivity index (χ3n) is 2.46. The Labute approximate surface area is 109 Å². The number of benzene rings is 1. The average molecular weight is 260 g/mol. The van der Waals surface area contributed by atoms with Crippen LogP contribution in [0.5, 0.6) is 11.6 Å². The molecule has 0 aliphatic heterocycles. The number of ether oxygens (including phenoxy) is 1. The minimum absolute atomic E-state index is 0.101. The molecule has 2 rings (SSSR count). The predicted octanol–water partition coefficient (Wildman–Crippen LogP) is 2.38. The van der Waals surface area contributed by atoms with E-state index in [1.807, 2.05) is 0 Å². The SMILES string of the molecule is Cc1cc(C)c(Oc2ccc(N)nn2)c([N+](=O)[O-])c1. The zero-order chi connectivity index (χ0) is 14.0. The van der Waals surface area contributed by atoms with Crippen molar-refractivity contribution in [3.8, 4) is 11.6 Å². The molecule has 19 heavy (non-hydrogen) atoms. The topological polar surface area (TPSA) is 104 Å². The summed E-state index contributed by atoms with van der Waals surface area (Å²) in [6.45, 7) is 3.52. The van der Waals surface area contributed by atoms with Gasteiger partial charge in [-0.2, -0.15) is 0 Å². The summed E-state index contributed by atoms with van der Waals surface area (Å²) >= 11 is 0. The van der Waals surface area contributed by atoms with Gasteiger partial charge >= 0.3 is 5.69 Å². The molecule has 2 N–H and O–H groups in total. The first-order chi connectivity index (χ1) is 8.97. The van der Waals surface area contributed by atoms with Crippen molar-refractivity contribution in [2.75, 3.05) is 5.73 Å². The maximum atomic E-state index is 11.0. The lowest BCUT2D eigenvalue weighted by Crippen LogP contribution is -1.99. The Hall–Kier alpha value is -2.70. The second kappa shape index (κ2) is 4.89. The van der Waals surface area contributed by atoms with Crippen LogP contribution < -0.4 is 10.5 Å². The second-order valence-electron chi connectivity index (χ2n) is 4.09. The normalized spacial score (nSPS) is 10.2. The fourth-order valence-electron chi connectivity index (χ4n) is 1.69. The van der Waals surface area contributed by atoms with E-state index in [1.54, 1.807) is 19.9 Å². The van der Waals surface area contributed by atoms with Crippen molar-refractivity contribution in [2.24, 2.45) is 0 Å². The van der Waals surface area contributed by atoms with Crippen LogP contribution in [0.1, 0.15) is 11.1 Å². The number of hydrogen-bond donors (Lipinski definition) is 1. The van der Waals surface area contributed by atoms with Crippen LogP contribution in [0.2, 0.25) is 0 Å². The van der Waals surface area contributed by atoms with Gasteiger partial charge in [-0.05, 0) is 31.0 Å². The van der Waals surface area contributed by atoms with Crippen molar-refractivity contribution in [1.82, 2.24) is 10.2 Å². The zero-order valence-corrected chi connectivity index (χ0v) is 10.5. The van der Waals surface area contributed by atoms with Crippen LogP contribution in [0.4, 0.5) is 11.5 Å². The summed E-state index contributed by atoms with van der Waals surface area (Å²) in [5.41, 5.74) is 6.76. The highest BCUT2D eigenvalue weighted by molar-refractivity contribution is 5.54.